The SMILES string of the molecule is Cl.OC1CCC(NCC2CNNC2c2ccccc2)CC1. The van der Waals surface area contributed by atoms with Gasteiger partial charge in [-0.15, -0.1) is 12.4 Å². The first-order valence-electron chi connectivity index (χ1n) is 7.77. The van der Waals surface area contributed by atoms with Crippen molar-refractivity contribution in [3.05, 3.63) is 35.9 Å². The molecule has 0 bridgehead atoms. The number of aliphatic hydroxyl groups excluding tert-OH is 1. The van der Waals surface area contributed by atoms with Crippen LogP contribution >= 0.6 is 12.4 Å². The van der Waals surface area contributed by atoms with Gasteiger partial charge in [0.25, 0.3) is 0 Å². The van der Waals surface area contributed by atoms with E-state index in [2.05, 4.69) is 46.5 Å². The lowest BCUT2D eigenvalue weighted by atomic mass is 9.91. The summed E-state index contributed by atoms with van der Waals surface area (Å²) in [4.78, 5) is 0. The first-order valence-corrected chi connectivity index (χ1v) is 7.77. The van der Waals surface area contributed by atoms with Crippen molar-refractivity contribution >= 4 is 12.4 Å². The van der Waals surface area contributed by atoms with Gasteiger partial charge < -0.3 is 10.4 Å². The molecule has 1 heterocycles. The van der Waals surface area contributed by atoms with Crippen molar-refractivity contribution < 1.29 is 5.11 Å². The van der Waals surface area contributed by atoms with Crippen molar-refractivity contribution in [1.82, 2.24) is 16.2 Å². The zero-order valence-corrected chi connectivity index (χ0v) is 13.1. The predicted molar refractivity (Wildman–Crippen MR) is 87.3 cm³/mol. The Morgan fingerprint density at radius 2 is 1.81 bits per heavy atom. The molecule has 1 saturated carbocycles. The molecule has 2 atom stereocenters. The molecule has 1 aliphatic heterocycles. The van der Waals surface area contributed by atoms with E-state index in [0.29, 0.717) is 18.0 Å². The molecule has 2 fully saturated rings. The van der Waals surface area contributed by atoms with E-state index in [1.165, 1.54) is 5.56 Å². The Morgan fingerprint density at radius 1 is 1.10 bits per heavy atom. The van der Waals surface area contributed by atoms with Crippen LogP contribution < -0.4 is 16.2 Å². The van der Waals surface area contributed by atoms with Crippen LogP contribution in [0.15, 0.2) is 30.3 Å². The van der Waals surface area contributed by atoms with Gasteiger partial charge in [0.15, 0.2) is 0 Å². The zero-order chi connectivity index (χ0) is 13.8. The van der Waals surface area contributed by atoms with Gasteiger partial charge in [-0.3, -0.25) is 5.43 Å². The minimum absolute atomic E-state index is 0. The van der Waals surface area contributed by atoms with Crippen LogP contribution in [0.25, 0.3) is 0 Å². The number of halogens is 1. The maximum absolute atomic E-state index is 9.55. The number of hydrogen-bond acceptors (Lipinski definition) is 4. The van der Waals surface area contributed by atoms with Crippen LogP contribution in [0, 0.1) is 5.92 Å². The second-order valence-electron chi connectivity index (χ2n) is 6.09. The third-order valence-corrected chi connectivity index (χ3v) is 4.62. The van der Waals surface area contributed by atoms with Crippen LogP contribution in [0.4, 0.5) is 0 Å². The van der Waals surface area contributed by atoms with Gasteiger partial charge in [-0.1, -0.05) is 30.3 Å². The first-order chi connectivity index (χ1) is 9.83. The van der Waals surface area contributed by atoms with Gasteiger partial charge in [0.1, 0.15) is 0 Å². The maximum atomic E-state index is 9.55. The van der Waals surface area contributed by atoms with Crippen molar-refractivity contribution in [2.45, 2.75) is 43.9 Å². The van der Waals surface area contributed by atoms with E-state index in [-0.39, 0.29) is 18.5 Å². The summed E-state index contributed by atoms with van der Waals surface area (Å²) in [5.74, 6) is 0.573. The largest absolute Gasteiger partial charge is 0.393 e. The van der Waals surface area contributed by atoms with Gasteiger partial charge in [-0.2, -0.15) is 0 Å². The number of hydrogen-bond donors (Lipinski definition) is 4. The minimum atomic E-state index is -0.0695. The lowest BCUT2D eigenvalue weighted by Crippen LogP contribution is -2.39. The van der Waals surface area contributed by atoms with Crippen LogP contribution in [0.1, 0.15) is 37.3 Å². The number of aliphatic hydroxyl groups is 1. The lowest BCUT2D eigenvalue weighted by Gasteiger charge is -2.28. The van der Waals surface area contributed by atoms with Crippen LogP contribution in [0.5, 0.6) is 0 Å². The molecular weight excluding hydrogens is 286 g/mol. The zero-order valence-electron chi connectivity index (χ0n) is 12.3. The van der Waals surface area contributed by atoms with Gasteiger partial charge in [0, 0.05) is 25.0 Å². The molecule has 1 saturated heterocycles. The van der Waals surface area contributed by atoms with Gasteiger partial charge in [-0.25, -0.2) is 5.43 Å². The normalized spacial score (nSPS) is 32.6. The quantitative estimate of drug-likeness (QED) is 0.684. The van der Waals surface area contributed by atoms with E-state index < -0.39 is 0 Å². The monoisotopic (exact) mass is 311 g/mol. The fourth-order valence-corrected chi connectivity index (χ4v) is 3.34. The fraction of sp³-hybridized carbons (Fsp3) is 0.625. The highest BCUT2D eigenvalue weighted by molar-refractivity contribution is 5.85. The minimum Gasteiger partial charge on any atom is -0.393 e. The third-order valence-electron chi connectivity index (χ3n) is 4.62. The van der Waals surface area contributed by atoms with Gasteiger partial charge in [0.05, 0.1) is 12.1 Å². The summed E-state index contributed by atoms with van der Waals surface area (Å²) in [6.07, 6.45) is 4.03. The van der Waals surface area contributed by atoms with Gasteiger partial charge in [0.2, 0.25) is 0 Å². The van der Waals surface area contributed by atoms with Crippen molar-refractivity contribution in [2.24, 2.45) is 5.92 Å². The van der Waals surface area contributed by atoms with E-state index in [1.54, 1.807) is 0 Å². The second kappa shape index (κ2) is 8.11. The Kier molecular flexibility index (Phi) is 6.45. The third kappa shape index (κ3) is 4.41. The Morgan fingerprint density at radius 3 is 2.52 bits per heavy atom. The summed E-state index contributed by atoms with van der Waals surface area (Å²) in [5, 5.41) is 13.2. The molecular formula is C16H26ClN3O. The van der Waals surface area contributed by atoms with Crippen molar-refractivity contribution in [3.8, 4) is 0 Å². The Labute approximate surface area is 133 Å². The molecule has 0 aromatic heterocycles. The molecule has 0 spiro atoms. The topological polar surface area (TPSA) is 56.3 Å². The Balaban J connectivity index is 0.00000161. The van der Waals surface area contributed by atoms with Gasteiger partial charge >= 0.3 is 0 Å². The van der Waals surface area contributed by atoms with E-state index >= 15 is 0 Å². The molecule has 5 heteroatoms. The molecule has 1 aromatic rings. The summed E-state index contributed by atoms with van der Waals surface area (Å²) in [7, 11) is 0. The fourth-order valence-electron chi connectivity index (χ4n) is 3.34. The van der Waals surface area contributed by atoms with E-state index in [0.717, 1.165) is 38.8 Å². The van der Waals surface area contributed by atoms with Crippen molar-refractivity contribution in [1.29, 1.82) is 0 Å². The first kappa shape index (κ1) is 16.7. The lowest BCUT2D eigenvalue weighted by molar-refractivity contribution is 0.116. The molecule has 4 nitrogen and oxygen atoms in total. The summed E-state index contributed by atoms with van der Waals surface area (Å²) in [5.41, 5.74) is 8.02. The second-order valence-corrected chi connectivity index (χ2v) is 6.09. The highest BCUT2D eigenvalue weighted by Crippen LogP contribution is 2.25. The van der Waals surface area contributed by atoms with E-state index in [1.807, 2.05) is 0 Å². The molecule has 21 heavy (non-hydrogen) atoms. The summed E-state index contributed by atoms with van der Waals surface area (Å²) < 4.78 is 0. The highest BCUT2D eigenvalue weighted by Gasteiger charge is 2.29. The number of nitrogens with one attached hydrogen (secondary N) is 3. The summed E-state index contributed by atoms with van der Waals surface area (Å²) in [6, 6.07) is 11.6. The van der Waals surface area contributed by atoms with Crippen LogP contribution in [0.3, 0.4) is 0 Å². The number of hydrazine groups is 1. The van der Waals surface area contributed by atoms with E-state index in [9.17, 15) is 5.11 Å². The molecule has 118 valence electrons. The number of rotatable bonds is 4. The highest BCUT2D eigenvalue weighted by atomic mass is 35.5. The summed E-state index contributed by atoms with van der Waals surface area (Å²) >= 11 is 0. The smallest absolute Gasteiger partial charge is 0.0541 e. The average molecular weight is 312 g/mol. The van der Waals surface area contributed by atoms with Crippen LogP contribution in [-0.2, 0) is 0 Å². The van der Waals surface area contributed by atoms with E-state index in [4.69, 9.17) is 0 Å². The standard InChI is InChI=1S/C16H25N3O.ClH/c20-15-8-6-14(7-9-15)17-10-13-11-18-19-16(13)12-4-2-1-3-5-12;/h1-5,13-20H,6-11H2;1H. The Hall–Kier alpha value is -0.650. The number of benzene rings is 1. The molecule has 2 aliphatic rings. The summed E-state index contributed by atoms with van der Waals surface area (Å²) in [6.45, 7) is 2.03. The molecule has 0 radical (unpaired) electrons. The molecule has 2 unspecified atom stereocenters. The van der Waals surface area contributed by atoms with Crippen molar-refractivity contribution in [3.63, 3.8) is 0 Å². The molecule has 1 aliphatic carbocycles. The molecule has 1 aromatic carbocycles. The molecule has 0 amide bonds. The van der Waals surface area contributed by atoms with Crippen LogP contribution in [-0.4, -0.2) is 30.3 Å². The molecule has 4 N–H and O–H groups in total. The Bertz CT molecular complexity index is 409. The van der Waals surface area contributed by atoms with Crippen LogP contribution in [0.2, 0.25) is 0 Å². The predicted octanol–water partition coefficient (Wildman–Crippen LogP) is 1.77. The average Bonchev–Trinajstić information content (AvgIpc) is 2.96. The van der Waals surface area contributed by atoms with Crippen molar-refractivity contribution in [2.75, 3.05) is 13.1 Å². The maximum Gasteiger partial charge on any atom is 0.0541 e. The van der Waals surface area contributed by atoms with Gasteiger partial charge in [-0.05, 0) is 31.2 Å². The molecule has 3 rings (SSSR count).